The molecule has 1 heteroatoms. The molecule has 2 aliphatic rings. The predicted molar refractivity (Wildman–Crippen MR) is 62.7 cm³/mol. The molecule has 0 aromatic carbocycles. The zero-order valence-electron chi connectivity index (χ0n) is 9.29. The Labute approximate surface area is 90.1 Å². The van der Waals surface area contributed by atoms with E-state index >= 15 is 0 Å². The molecule has 0 atom stereocenters. The number of hydrogen-bond acceptors (Lipinski definition) is 1. The van der Waals surface area contributed by atoms with E-state index in [9.17, 15) is 4.79 Å². The predicted octanol–water partition coefficient (Wildman–Crippen LogP) is 3.53. The lowest BCUT2D eigenvalue weighted by Crippen LogP contribution is -1.75. The molecular formula is C14H14O. The molecule has 0 heterocycles. The molecule has 0 radical (unpaired) electrons. The first kappa shape index (κ1) is 9.91. The summed E-state index contributed by atoms with van der Waals surface area (Å²) >= 11 is 0. The largest absolute Gasteiger partial charge is 0.298 e. The molecule has 0 bridgehead atoms. The van der Waals surface area contributed by atoms with Crippen LogP contribution in [0.1, 0.15) is 27.0 Å². The molecule has 15 heavy (non-hydrogen) atoms. The summed E-state index contributed by atoms with van der Waals surface area (Å²) in [6.07, 6.45) is 0.908. The van der Waals surface area contributed by atoms with Crippen LogP contribution < -0.4 is 0 Å². The second kappa shape index (κ2) is 3.50. The number of hydrogen-bond donors (Lipinski definition) is 0. The topological polar surface area (TPSA) is 17.1 Å². The first-order valence-corrected chi connectivity index (χ1v) is 5.08. The maximum atomic E-state index is 10.7. The monoisotopic (exact) mass is 198 g/mol. The molecule has 0 amide bonds. The third-order valence-electron chi connectivity index (χ3n) is 2.79. The second-order valence-electron chi connectivity index (χ2n) is 4.13. The molecule has 1 nitrogen and oxygen atoms in total. The molecule has 0 aliphatic heterocycles. The van der Waals surface area contributed by atoms with Crippen molar-refractivity contribution in [1.29, 1.82) is 0 Å². The van der Waals surface area contributed by atoms with E-state index in [0.29, 0.717) is 0 Å². The van der Waals surface area contributed by atoms with Crippen LogP contribution in [0.3, 0.4) is 0 Å². The lowest BCUT2D eigenvalue weighted by molar-refractivity contribution is 0.112. The number of carbonyl (C=O) groups is 1. The first-order chi connectivity index (χ1) is 7.11. The van der Waals surface area contributed by atoms with E-state index in [0.717, 1.165) is 11.8 Å². The molecule has 0 saturated carbocycles. The van der Waals surface area contributed by atoms with Crippen molar-refractivity contribution in [3.05, 3.63) is 46.5 Å². The van der Waals surface area contributed by atoms with Crippen LogP contribution in [0.4, 0.5) is 0 Å². The highest BCUT2D eigenvalue weighted by atomic mass is 16.1. The van der Waals surface area contributed by atoms with Crippen molar-refractivity contribution in [2.45, 2.75) is 20.8 Å². The highest BCUT2D eigenvalue weighted by Gasteiger charge is 2.10. The molecular weight excluding hydrogens is 184 g/mol. The number of fused-ring (bicyclic) bond motifs is 1. The maximum absolute atomic E-state index is 10.7. The van der Waals surface area contributed by atoms with Gasteiger partial charge in [-0.2, -0.15) is 0 Å². The third kappa shape index (κ3) is 1.65. The van der Waals surface area contributed by atoms with Gasteiger partial charge in [-0.1, -0.05) is 17.7 Å². The van der Waals surface area contributed by atoms with E-state index in [1.807, 2.05) is 12.1 Å². The maximum Gasteiger partial charge on any atom is 0.150 e. The van der Waals surface area contributed by atoms with Crippen LogP contribution in [0.25, 0.3) is 11.1 Å². The van der Waals surface area contributed by atoms with Gasteiger partial charge in [-0.3, -0.25) is 4.79 Å². The highest BCUT2D eigenvalue weighted by molar-refractivity contribution is 5.86. The van der Waals surface area contributed by atoms with Gasteiger partial charge < -0.3 is 0 Å². The highest BCUT2D eigenvalue weighted by Crippen LogP contribution is 2.31. The van der Waals surface area contributed by atoms with Gasteiger partial charge in [0.2, 0.25) is 0 Å². The Morgan fingerprint density at radius 1 is 0.867 bits per heavy atom. The minimum Gasteiger partial charge on any atom is -0.298 e. The fraction of sp³-hybridized carbons (Fsp3) is 0.214. The van der Waals surface area contributed by atoms with Crippen LogP contribution in [-0.4, -0.2) is 6.29 Å². The Balaban J connectivity index is 2.83. The first-order valence-electron chi connectivity index (χ1n) is 5.08. The Morgan fingerprint density at radius 3 is 1.73 bits per heavy atom. The summed E-state index contributed by atoms with van der Waals surface area (Å²) in [5, 5.41) is 0. The van der Waals surface area contributed by atoms with Gasteiger partial charge >= 0.3 is 0 Å². The van der Waals surface area contributed by atoms with E-state index in [1.54, 1.807) is 0 Å². The van der Waals surface area contributed by atoms with Crippen molar-refractivity contribution in [3.63, 3.8) is 0 Å². The number of aryl methyl sites for hydroxylation is 3. The molecule has 0 aromatic heterocycles. The molecule has 76 valence electrons. The lowest BCUT2D eigenvalue weighted by Gasteiger charge is -1.98. The summed E-state index contributed by atoms with van der Waals surface area (Å²) in [6.45, 7) is 6.27. The Morgan fingerprint density at radius 2 is 1.33 bits per heavy atom. The van der Waals surface area contributed by atoms with Crippen LogP contribution in [0.5, 0.6) is 0 Å². The summed E-state index contributed by atoms with van der Waals surface area (Å²) in [4.78, 5) is 10.7. The van der Waals surface area contributed by atoms with Gasteiger partial charge in [0.25, 0.3) is 0 Å². The molecule has 0 unspecified atom stereocenters. The summed E-state index contributed by atoms with van der Waals surface area (Å²) < 4.78 is 0. The van der Waals surface area contributed by atoms with Crippen LogP contribution in [-0.2, 0) is 0 Å². The molecule has 2 rings (SSSR count). The molecule has 0 spiro atoms. The second-order valence-corrected chi connectivity index (χ2v) is 4.13. The fourth-order valence-electron chi connectivity index (χ4n) is 2.13. The van der Waals surface area contributed by atoms with E-state index in [4.69, 9.17) is 0 Å². The third-order valence-corrected chi connectivity index (χ3v) is 2.79. The minimum absolute atomic E-state index is 0.764. The molecule has 0 aromatic rings. The van der Waals surface area contributed by atoms with Gasteiger partial charge in [0.05, 0.1) is 0 Å². The molecule has 0 saturated heterocycles. The normalized spacial score (nSPS) is 10.6. The van der Waals surface area contributed by atoms with Crippen LogP contribution in [0.2, 0.25) is 0 Å². The standard InChI is InChI=1S/C14H14O/c1-9-4-10(2)13-6-12(8-15)7-14(13)11(3)5-9/h4-8H,1-3H3. The Hall–Kier alpha value is -1.63. The number of carbonyl (C=O) groups excluding carboxylic acids is 1. The summed E-state index contributed by atoms with van der Waals surface area (Å²) in [5.74, 6) is 0. The van der Waals surface area contributed by atoms with Gasteiger partial charge in [-0.25, -0.2) is 0 Å². The zero-order chi connectivity index (χ0) is 11.0. The summed E-state index contributed by atoms with van der Waals surface area (Å²) in [6, 6.07) is 8.24. The smallest absolute Gasteiger partial charge is 0.150 e. The number of rotatable bonds is 1. The van der Waals surface area contributed by atoms with Crippen molar-refractivity contribution in [3.8, 4) is 11.1 Å². The van der Waals surface area contributed by atoms with Crippen molar-refractivity contribution in [2.24, 2.45) is 0 Å². The van der Waals surface area contributed by atoms with Crippen LogP contribution in [0, 0.1) is 20.8 Å². The quantitative estimate of drug-likeness (QED) is 0.641. The minimum atomic E-state index is 0.764. The Bertz CT molecular complexity index is 458. The van der Waals surface area contributed by atoms with E-state index < -0.39 is 0 Å². The van der Waals surface area contributed by atoms with Gasteiger partial charge in [0, 0.05) is 5.56 Å². The van der Waals surface area contributed by atoms with E-state index in [2.05, 4.69) is 32.9 Å². The van der Waals surface area contributed by atoms with Crippen molar-refractivity contribution >= 4 is 6.29 Å². The SMILES string of the molecule is Cc1cc(C)c2cc(C=O)cc-2c(C)c1. The van der Waals surface area contributed by atoms with Crippen LogP contribution >= 0.6 is 0 Å². The van der Waals surface area contributed by atoms with Gasteiger partial charge in [-0.05, 0) is 55.2 Å². The zero-order valence-corrected chi connectivity index (χ0v) is 9.29. The average molecular weight is 198 g/mol. The van der Waals surface area contributed by atoms with Gasteiger partial charge in [0.15, 0.2) is 0 Å². The molecule has 0 fully saturated rings. The summed E-state index contributed by atoms with van der Waals surface area (Å²) in [5.41, 5.74) is 6.84. The van der Waals surface area contributed by atoms with Crippen molar-refractivity contribution < 1.29 is 4.79 Å². The van der Waals surface area contributed by atoms with E-state index in [-0.39, 0.29) is 0 Å². The van der Waals surface area contributed by atoms with Crippen molar-refractivity contribution in [2.75, 3.05) is 0 Å². The van der Waals surface area contributed by atoms with E-state index in [1.165, 1.54) is 27.8 Å². The number of aldehydes is 1. The van der Waals surface area contributed by atoms with Crippen molar-refractivity contribution in [1.82, 2.24) is 0 Å². The summed E-state index contributed by atoms with van der Waals surface area (Å²) in [7, 11) is 0. The van der Waals surface area contributed by atoms with Gasteiger partial charge in [-0.15, -0.1) is 0 Å². The average Bonchev–Trinajstić information content (AvgIpc) is 2.57. The fourth-order valence-corrected chi connectivity index (χ4v) is 2.13. The van der Waals surface area contributed by atoms with Gasteiger partial charge in [0.1, 0.15) is 6.29 Å². The lowest BCUT2D eigenvalue weighted by atomic mass is 10.1. The Kier molecular flexibility index (Phi) is 2.31. The molecule has 0 N–H and O–H groups in total. The molecule has 2 aliphatic carbocycles. The van der Waals surface area contributed by atoms with Crippen LogP contribution in [0.15, 0.2) is 24.3 Å².